The predicted octanol–water partition coefficient (Wildman–Crippen LogP) is 1.43. The van der Waals surface area contributed by atoms with Crippen LogP contribution in [0.4, 0.5) is 4.39 Å². The number of hydrogen-bond acceptors (Lipinski definition) is 5. The molecule has 9 heteroatoms. The summed E-state index contributed by atoms with van der Waals surface area (Å²) in [5.74, 6) is -1.10. The van der Waals surface area contributed by atoms with Crippen LogP contribution in [0.1, 0.15) is 9.67 Å². The predicted molar refractivity (Wildman–Crippen MR) is 90.5 cm³/mol. The number of benzene rings is 1. The second-order valence-corrected chi connectivity index (χ2v) is 7.98. The Bertz CT molecular complexity index is 845. The number of nitrogens with one attached hydrogen (secondary N) is 2. The van der Waals surface area contributed by atoms with Gasteiger partial charge in [-0.3, -0.25) is 4.79 Å². The van der Waals surface area contributed by atoms with Crippen molar-refractivity contribution < 1.29 is 17.6 Å². The third-order valence-corrected chi connectivity index (χ3v) is 6.21. The van der Waals surface area contributed by atoms with Crippen molar-refractivity contribution in [2.24, 2.45) is 0 Å². The van der Waals surface area contributed by atoms with Crippen LogP contribution < -0.4 is 10.0 Å². The summed E-state index contributed by atoms with van der Waals surface area (Å²) >= 11 is 1.05. The van der Waals surface area contributed by atoms with Crippen LogP contribution in [-0.4, -0.2) is 44.8 Å². The number of thiophene rings is 1. The lowest BCUT2D eigenvalue weighted by Crippen LogP contribution is -2.51. The van der Waals surface area contributed by atoms with E-state index in [2.05, 4.69) is 10.0 Å². The highest BCUT2D eigenvalue weighted by atomic mass is 32.2. The van der Waals surface area contributed by atoms with E-state index in [1.54, 1.807) is 24.3 Å². The van der Waals surface area contributed by atoms with Gasteiger partial charge in [0.1, 0.15) is 5.82 Å². The highest BCUT2D eigenvalue weighted by Crippen LogP contribution is 2.30. The van der Waals surface area contributed by atoms with Crippen LogP contribution in [0.3, 0.4) is 0 Å². The summed E-state index contributed by atoms with van der Waals surface area (Å²) in [4.78, 5) is 13.0. The van der Waals surface area contributed by atoms with Crippen molar-refractivity contribution >= 4 is 27.5 Å². The third kappa shape index (κ3) is 3.64. The molecule has 3 rings (SSSR count). The third-order valence-electron chi connectivity index (χ3n) is 3.61. The summed E-state index contributed by atoms with van der Waals surface area (Å²) in [6.45, 7) is 1.72. The molecule has 6 nitrogen and oxygen atoms in total. The van der Waals surface area contributed by atoms with Gasteiger partial charge in [-0.25, -0.2) is 9.11 Å². The van der Waals surface area contributed by atoms with Crippen LogP contribution in [0.2, 0.25) is 0 Å². The number of piperazine rings is 1. The van der Waals surface area contributed by atoms with Crippen molar-refractivity contribution in [3.8, 4) is 10.4 Å². The van der Waals surface area contributed by atoms with E-state index in [1.807, 2.05) is 0 Å². The molecule has 0 radical (unpaired) electrons. The number of hydrogen-bond donors (Lipinski definition) is 2. The first-order valence-corrected chi connectivity index (χ1v) is 9.61. The van der Waals surface area contributed by atoms with Crippen molar-refractivity contribution in [2.45, 2.75) is 0 Å². The fraction of sp³-hybridized carbons (Fsp3) is 0.267. The van der Waals surface area contributed by atoms with Crippen LogP contribution in [0, 0.1) is 5.82 Å². The van der Waals surface area contributed by atoms with Crippen LogP contribution in [0.25, 0.3) is 10.4 Å². The highest BCUT2D eigenvalue weighted by Gasteiger charge is 2.26. The number of carbonyl (C=O) groups is 1. The minimum atomic E-state index is -3.87. The molecular formula is C15H16FN3O3S2. The first kappa shape index (κ1) is 17.0. The molecule has 0 saturated carbocycles. The highest BCUT2D eigenvalue weighted by molar-refractivity contribution is 7.87. The average Bonchev–Trinajstić information content (AvgIpc) is 3.06. The van der Waals surface area contributed by atoms with Gasteiger partial charge in [0.05, 0.1) is 4.88 Å². The van der Waals surface area contributed by atoms with Gasteiger partial charge < -0.3 is 5.32 Å². The summed E-state index contributed by atoms with van der Waals surface area (Å²) in [5, 5.41) is 3.05. The van der Waals surface area contributed by atoms with Gasteiger partial charge in [-0.1, -0.05) is 18.2 Å². The summed E-state index contributed by atoms with van der Waals surface area (Å²) in [7, 11) is -3.87. The minimum Gasteiger partial charge on any atom is -0.314 e. The number of carbonyl (C=O) groups excluding carboxylic acids is 1. The Labute approximate surface area is 143 Å². The Hall–Kier alpha value is -1.81. The topological polar surface area (TPSA) is 78.5 Å². The zero-order valence-electron chi connectivity index (χ0n) is 12.7. The van der Waals surface area contributed by atoms with Gasteiger partial charge in [0.25, 0.3) is 5.91 Å². The van der Waals surface area contributed by atoms with E-state index in [9.17, 15) is 17.6 Å². The smallest absolute Gasteiger partial charge is 0.304 e. The lowest BCUT2D eigenvalue weighted by molar-refractivity contribution is 0.0982. The first-order valence-electron chi connectivity index (χ1n) is 7.35. The zero-order chi connectivity index (χ0) is 17.2. The van der Waals surface area contributed by atoms with E-state index >= 15 is 0 Å². The van der Waals surface area contributed by atoms with Gasteiger partial charge >= 0.3 is 10.2 Å². The molecule has 2 N–H and O–H groups in total. The quantitative estimate of drug-likeness (QED) is 0.855. The van der Waals surface area contributed by atoms with Crippen LogP contribution >= 0.6 is 11.3 Å². The van der Waals surface area contributed by atoms with Gasteiger partial charge in [-0.05, 0) is 18.2 Å². The molecule has 2 aromatic rings. The summed E-state index contributed by atoms with van der Waals surface area (Å²) in [5.41, 5.74) is 0.381. The Morgan fingerprint density at radius 2 is 1.88 bits per heavy atom. The molecule has 1 aromatic heterocycles. The SMILES string of the molecule is O=C(NS(=O)(=O)N1CCNCC1)c1ccc(-c2ccccc2F)s1. The maximum Gasteiger partial charge on any atom is 0.304 e. The summed E-state index contributed by atoms with van der Waals surface area (Å²) in [6, 6.07) is 9.33. The molecule has 1 fully saturated rings. The van der Waals surface area contributed by atoms with Gasteiger partial charge in [0.2, 0.25) is 0 Å². The molecule has 24 heavy (non-hydrogen) atoms. The fourth-order valence-electron chi connectivity index (χ4n) is 2.38. The largest absolute Gasteiger partial charge is 0.314 e. The van der Waals surface area contributed by atoms with Gasteiger partial charge in [-0.15, -0.1) is 11.3 Å². The molecule has 2 heterocycles. The van der Waals surface area contributed by atoms with E-state index in [1.165, 1.54) is 16.4 Å². The molecular weight excluding hydrogens is 353 g/mol. The van der Waals surface area contributed by atoms with Crippen molar-refractivity contribution in [3.63, 3.8) is 0 Å². The lowest BCUT2D eigenvalue weighted by Gasteiger charge is -2.26. The second kappa shape index (κ2) is 6.98. The Kier molecular flexibility index (Phi) is 4.95. The molecule has 1 aromatic carbocycles. The van der Waals surface area contributed by atoms with Crippen LogP contribution in [0.5, 0.6) is 0 Å². The number of nitrogens with zero attached hydrogens (tertiary/aromatic N) is 1. The molecule has 1 aliphatic heterocycles. The van der Waals surface area contributed by atoms with Crippen molar-refractivity contribution in [2.75, 3.05) is 26.2 Å². The summed E-state index contributed by atoms with van der Waals surface area (Å²) in [6.07, 6.45) is 0. The van der Waals surface area contributed by atoms with Crippen molar-refractivity contribution in [1.82, 2.24) is 14.3 Å². The Balaban J connectivity index is 1.75. The Morgan fingerprint density at radius 1 is 1.17 bits per heavy atom. The van der Waals surface area contributed by atoms with E-state index < -0.39 is 16.1 Å². The zero-order valence-corrected chi connectivity index (χ0v) is 14.3. The van der Waals surface area contributed by atoms with Gasteiger partial charge in [0, 0.05) is 36.6 Å². The average molecular weight is 369 g/mol. The second-order valence-electron chi connectivity index (χ2n) is 5.23. The van der Waals surface area contributed by atoms with Gasteiger partial charge in [-0.2, -0.15) is 12.7 Å². The monoisotopic (exact) mass is 369 g/mol. The number of amides is 1. The normalized spacial score (nSPS) is 16.0. The fourth-order valence-corrected chi connectivity index (χ4v) is 4.51. The maximum absolute atomic E-state index is 13.8. The first-order chi connectivity index (χ1) is 11.5. The molecule has 0 unspecified atom stereocenters. The standard InChI is InChI=1S/C15H16FN3O3S2/c16-12-4-2-1-3-11(12)13-5-6-14(23-13)15(20)18-24(21,22)19-9-7-17-8-10-19/h1-6,17H,7-10H2,(H,18,20). The van der Waals surface area contributed by atoms with Crippen molar-refractivity contribution in [1.29, 1.82) is 0 Å². The molecule has 1 aliphatic rings. The molecule has 0 spiro atoms. The van der Waals surface area contributed by atoms with Crippen LogP contribution in [0.15, 0.2) is 36.4 Å². The van der Waals surface area contributed by atoms with E-state index in [4.69, 9.17) is 0 Å². The lowest BCUT2D eigenvalue weighted by atomic mass is 10.2. The molecule has 0 atom stereocenters. The minimum absolute atomic E-state index is 0.215. The van der Waals surface area contributed by atoms with E-state index in [-0.39, 0.29) is 10.7 Å². The van der Waals surface area contributed by atoms with E-state index in [0.29, 0.717) is 36.6 Å². The van der Waals surface area contributed by atoms with Gasteiger partial charge in [0.15, 0.2) is 0 Å². The summed E-state index contributed by atoms with van der Waals surface area (Å²) < 4.78 is 41.5. The van der Waals surface area contributed by atoms with Crippen LogP contribution in [-0.2, 0) is 10.2 Å². The Morgan fingerprint density at radius 3 is 2.58 bits per heavy atom. The van der Waals surface area contributed by atoms with Crippen molar-refractivity contribution in [3.05, 3.63) is 47.1 Å². The molecule has 1 amide bonds. The molecule has 1 saturated heterocycles. The molecule has 128 valence electrons. The number of rotatable bonds is 4. The maximum atomic E-state index is 13.8. The molecule has 0 bridgehead atoms. The van der Waals surface area contributed by atoms with E-state index in [0.717, 1.165) is 11.3 Å². The molecule has 0 aliphatic carbocycles. The number of halogens is 1.